The minimum absolute atomic E-state index is 0.0813. The second-order valence-corrected chi connectivity index (χ2v) is 10.6. The van der Waals surface area contributed by atoms with Crippen LogP contribution in [0.15, 0.2) is 60.7 Å². The lowest BCUT2D eigenvalue weighted by atomic mass is 9.82. The van der Waals surface area contributed by atoms with Gasteiger partial charge in [0.1, 0.15) is 5.75 Å². The number of fused-ring (bicyclic) bond motifs is 1. The third-order valence-electron chi connectivity index (χ3n) is 8.07. The number of methoxy groups -OCH3 is 3. The molecule has 0 aliphatic carbocycles. The maximum Gasteiger partial charge on any atom is 0.311 e. The molecule has 228 valence electrons. The van der Waals surface area contributed by atoms with Gasteiger partial charge in [-0.05, 0) is 60.0 Å². The van der Waals surface area contributed by atoms with E-state index < -0.39 is 12.0 Å². The third kappa shape index (κ3) is 6.34. The van der Waals surface area contributed by atoms with Gasteiger partial charge in [0, 0.05) is 32.1 Å². The summed E-state index contributed by atoms with van der Waals surface area (Å²) in [5.41, 5.74) is 2.73. The Kier molecular flexibility index (Phi) is 9.25. The lowest BCUT2D eigenvalue weighted by molar-refractivity contribution is -0.150. The Hall–Kier alpha value is -4.44. The first kappa shape index (κ1) is 30.0. The first-order valence-electron chi connectivity index (χ1n) is 14.3. The molecule has 0 bridgehead atoms. The normalized spacial score (nSPS) is 19.1. The number of esters is 1. The van der Waals surface area contributed by atoms with Crippen molar-refractivity contribution < 1.29 is 38.0 Å². The Bertz CT molecular complexity index is 1440. The quantitative estimate of drug-likeness (QED) is 0.301. The van der Waals surface area contributed by atoms with Crippen LogP contribution < -0.4 is 23.7 Å². The molecule has 2 heterocycles. The third-order valence-corrected chi connectivity index (χ3v) is 8.07. The van der Waals surface area contributed by atoms with E-state index in [4.69, 9.17) is 28.4 Å². The number of hydrogen-bond acceptors (Lipinski definition) is 9. The highest BCUT2D eigenvalue weighted by Gasteiger charge is 2.49. The number of carbonyl (C=O) groups is 2. The van der Waals surface area contributed by atoms with Crippen molar-refractivity contribution in [1.29, 1.82) is 0 Å². The lowest BCUT2D eigenvalue weighted by Crippen LogP contribution is -2.39. The first-order valence-corrected chi connectivity index (χ1v) is 14.3. The molecule has 1 amide bonds. The van der Waals surface area contributed by atoms with E-state index in [0.717, 1.165) is 16.7 Å². The molecular formula is C33H38N2O8. The van der Waals surface area contributed by atoms with Crippen molar-refractivity contribution in [2.24, 2.45) is 5.92 Å². The van der Waals surface area contributed by atoms with Crippen molar-refractivity contribution in [2.75, 3.05) is 54.9 Å². The van der Waals surface area contributed by atoms with Gasteiger partial charge in [-0.3, -0.25) is 14.5 Å². The van der Waals surface area contributed by atoms with Crippen LogP contribution in [0.4, 0.5) is 0 Å². The molecule has 1 unspecified atom stereocenters. The van der Waals surface area contributed by atoms with Crippen LogP contribution in [0, 0.1) is 5.92 Å². The van der Waals surface area contributed by atoms with Gasteiger partial charge in [-0.25, -0.2) is 0 Å². The van der Waals surface area contributed by atoms with E-state index in [2.05, 4.69) is 4.90 Å². The minimum atomic E-state index is -0.558. The van der Waals surface area contributed by atoms with Crippen molar-refractivity contribution in [3.8, 4) is 28.7 Å². The molecule has 0 N–H and O–H groups in total. The zero-order chi connectivity index (χ0) is 30.5. The summed E-state index contributed by atoms with van der Waals surface area (Å²) in [5.74, 6) is 2.06. The molecule has 0 spiro atoms. The predicted octanol–water partition coefficient (Wildman–Crippen LogP) is 4.42. The maximum absolute atomic E-state index is 13.7. The number of hydrogen-bond donors (Lipinski definition) is 0. The van der Waals surface area contributed by atoms with Crippen LogP contribution in [0.5, 0.6) is 28.7 Å². The van der Waals surface area contributed by atoms with Crippen molar-refractivity contribution in [2.45, 2.75) is 25.4 Å². The number of nitrogens with zero attached hydrogens (tertiary/aromatic N) is 2. The molecule has 0 aromatic heterocycles. The standard InChI is InChI=1S/C33H38N2O8/c1-6-41-33(37)31-25(23-10-14-27-29(16-23)43-20-42-27)18-35(32(31)22-8-11-24(38-3)12-9-22)19-30(36)34(2)17-21-7-13-26(39-4)28(15-21)40-5/h7-16,25,31-32H,6,17-20H2,1-5H3/t25?,31-,32+/m0/s1. The van der Waals surface area contributed by atoms with Crippen LogP contribution in [-0.2, 0) is 20.9 Å². The molecule has 0 saturated carbocycles. The molecule has 2 aliphatic heterocycles. The maximum atomic E-state index is 13.7. The number of rotatable bonds is 11. The van der Waals surface area contributed by atoms with Gasteiger partial charge in [-0.2, -0.15) is 0 Å². The van der Waals surface area contributed by atoms with E-state index in [9.17, 15) is 9.59 Å². The largest absolute Gasteiger partial charge is 0.497 e. The smallest absolute Gasteiger partial charge is 0.311 e. The summed E-state index contributed by atoms with van der Waals surface area (Å²) in [6, 6.07) is 18.6. The number of ether oxygens (including phenoxy) is 6. The molecule has 1 fully saturated rings. The molecule has 3 aromatic rings. The molecule has 2 aliphatic rings. The number of likely N-dealkylation sites (tertiary alicyclic amines) is 1. The highest BCUT2D eigenvalue weighted by Crippen LogP contribution is 2.48. The fourth-order valence-corrected chi connectivity index (χ4v) is 5.93. The first-order chi connectivity index (χ1) is 20.9. The van der Waals surface area contributed by atoms with Crippen LogP contribution in [0.3, 0.4) is 0 Å². The molecule has 3 atom stereocenters. The Morgan fingerprint density at radius 3 is 2.30 bits per heavy atom. The summed E-state index contributed by atoms with van der Waals surface area (Å²) in [5, 5.41) is 0. The molecule has 5 rings (SSSR count). The summed E-state index contributed by atoms with van der Waals surface area (Å²) in [6.07, 6.45) is 0. The van der Waals surface area contributed by atoms with Gasteiger partial charge in [-0.15, -0.1) is 0 Å². The van der Waals surface area contributed by atoms with Gasteiger partial charge >= 0.3 is 5.97 Å². The summed E-state index contributed by atoms with van der Waals surface area (Å²) < 4.78 is 32.9. The van der Waals surface area contributed by atoms with Crippen LogP contribution in [-0.4, -0.2) is 76.5 Å². The molecule has 0 radical (unpaired) electrons. The zero-order valence-corrected chi connectivity index (χ0v) is 25.2. The van der Waals surface area contributed by atoms with Crippen LogP contribution in [0.1, 0.15) is 35.6 Å². The van der Waals surface area contributed by atoms with Gasteiger partial charge in [0.2, 0.25) is 12.7 Å². The van der Waals surface area contributed by atoms with Gasteiger partial charge in [0.05, 0.1) is 40.4 Å². The molecule has 1 saturated heterocycles. The van der Waals surface area contributed by atoms with Gasteiger partial charge in [0.25, 0.3) is 0 Å². The van der Waals surface area contributed by atoms with E-state index in [1.807, 2.05) is 60.7 Å². The average Bonchev–Trinajstić information content (AvgIpc) is 3.65. The highest BCUT2D eigenvalue weighted by atomic mass is 16.7. The Morgan fingerprint density at radius 2 is 1.60 bits per heavy atom. The van der Waals surface area contributed by atoms with Crippen LogP contribution in [0.2, 0.25) is 0 Å². The van der Waals surface area contributed by atoms with Crippen LogP contribution >= 0.6 is 0 Å². The van der Waals surface area contributed by atoms with E-state index in [1.165, 1.54) is 0 Å². The Labute approximate surface area is 252 Å². The lowest BCUT2D eigenvalue weighted by Gasteiger charge is -2.29. The molecule has 10 heteroatoms. The van der Waals surface area contributed by atoms with E-state index >= 15 is 0 Å². The van der Waals surface area contributed by atoms with E-state index in [-0.39, 0.29) is 37.7 Å². The zero-order valence-electron chi connectivity index (χ0n) is 25.2. The van der Waals surface area contributed by atoms with Gasteiger partial charge in [-0.1, -0.05) is 24.3 Å². The molecule has 3 aromatic carbocycles. The number of benzene rings is 3. The van der Waals surface area contributed by atoms with Crippen molar-refractivity contribution >= 4 is 11.9 Å². The fraction of sp³-hybridized carbons (Fsp3) is 0.394. The van der Waals surface area contributed by atoms with E-state index in [1.54, 1.807) is 40.2 Å². The summed E-state index contributed by atoms with van der Waals surface area (Å²) in [4.78, 5) is 31.1. The van der Waals surface area contributed by atoms with Crippen molar-refractivity contribution in [3.05, 3.63) is 77.4 Å². The fourth-order valence-electron chi connectivity index (χ4n) is 5.93. The number of likely N-dealkylation sites (N-methyl/N-ethyl adjacent to an activating group) is 1. The van der Waals surface area contributed by atoms with E-state index in [0.29, 0.717) is 41.8 Å². The summed E-state index contributed by atoms with van der Waals surface area (Å²) >= 11 is 0. The number of amides is 1. The molecular weight excluding hydrogens is 552 g/mol. The second kappa shape index (κ2) is 13.2. The summed E-state index contributed by atoms with van der Waals surface area (Å²) in [7, 11) is 6.55. The molecule has 10 nitrogen and oxygen atoms in total. The molecule has 43 heavy (non-hydrogen) atoms. The van der Waals surface area contributed by atoms with Crippen molar-refractivity contribution in [3.63, 3.8) is 0 Å². The minimum Gasteiger partial charge on any atom is -0.497 e. The topological polar surface area (TPSA) is 96.0 Å². The highest BCUT2D eigenvalue weighted by molar-refractivity contribution is 5.79. The van der Waals surface area contributed by atoms with Crippen LogP contribution in [0.25, 0.3) is 0 Å². The van der Waals surface area contributed by atoms with Gasteiger partial charge in [0.15, 0.2) is 23.0 Å². The Balaban J connectivity index is 1.45. The SMILES string of the molecule is CCOC(=O)[C@H]1C(c2ccc3c(c2)OCO3)CN(CC(=O)N(C)Cc2ccc(OC)c(OC)c2)[C@@H]1c1ccc(OC)cc1. The Morgan fingerprint density at radius 1 is 0.884 bits per heavy atom. The second-order valence-electron chi connectivity index (χ2n) is 10.6. The monoisotopic (exact) mass is 590 g/mol. The van der Waals surface area contributed by atoms with Gasteiger partial charge < -0.3 is 33.3 Å². The average molecular weight is 591 g/mol. The van der Waals surface area contributed by atoms with Crippen molar-refractivity contribution in [1.82, 2.24) is 9.80 Å². The number of carbonyl (C=O) groups excluding carboxylic acids is 2. The predicted molar refractivity (Wildman–Crippen MR) is 159 cm³/mol. The summed E-state index contributed by atoms with van der Waals surface area (Å²) in [6.45, 7) is 3.17.